The number of hydrogen-bond donors (Lipinski definition) is 1. The molecule has 0 saturated carbocycles. The molecule has 0 saturated heterocycles. The highest BCUT2D eigenvalue weighted by Crippen LogP contribution is 2.28. The van der Waals surface area contributed by atoms with Crippen LogP contribution in [0.25, 0.3) is 0 Å². The maximum Gasteiger partial charge on any atom is 0.410 e. The lowest BCUT2D eigenvalue weighted by Gasteiger charge is -2.29. The van der Waals surface area contributed by atoms with Crippen molar-refractivity contribution >= 4 is 18.0 Å². The summed E-state index contributed by atoms with van der Waals surface area (Å²) in [5.74, 6) is -1.03. The Kier molecular flexibility index (Phi) is 11.6. The van der Waals surface area contributed by atoms with Gasteiger partial charge >= 0.3 is 12.1 Å². The van der Waals surface area contributed by atoms with Crippen LogP contribution < -0.4 is 9.57 Å². The minimum Gasteiger partial charge on any atom is -0.493 e. The van der Waals surface area contributed by atoms with Gasteiger partial charge in [-0.3, -0.25) is 9.59 Å². The van der Waals surface area contributed by atoms with Gasteiger partial charge in [-0.25, -0.2) is 4.79 Å². The van der Waals surface area contributed by atoms with Crippen molar-refractivity contribution < 1.29 is 33.8 Å². The lowest BCUT2D eigenvalue weighted by Crippen LogP contribution is -2.40. The Bertz CT molecular complexity index is 1530. The van der Waals surface area contributed by atoms with Crippen LogP contribution in [0, 0.1) is 11.8 Å². The number of nitrogens with zero attached hydrogens (tertiary/aromatic N) is 2. The first-order chi connectivity index (χ1) is 22.2. The van der Waals surface area contributed by atoms with Gasteiger partial charge in [-0.1, -0.05) is 78.8 Å². The number of carboxylic acid groups (broad SMARTS) is 1. The summed E-state index contributed by atoms with van der Waals surface area (Å²) in [5, 5.41) is 11.4. The van der Waals surface area contributed by atoms with Crippen LogP contribution in [-0.2, 0) is 27.9 Å². The van der Waals surface area contributed by atoms with Crippen LogP contribution >= 0.6 is 0 Å². The second-order valence-corrected chi connectivity index (χ2v) is 14.0. The van der Waals surface area contributed by atoms with Crippen molar-refractivity contribution in [1.82, 2.24) is 9.96 Å². The van der Waals surface area contributed by atoms with Crippen LogP contribution in [0.4, 0.5) is 4.79 Å². The summed E-state index contributed by atoms with van der Waals surface area (Å²) in [6.45, 7) is 15.9. The summed E-state index contributed by atoms with van der Waals surface area (Å²) in [6.07, 6.45) is 0.258. The molecule has 3 aromatic rings. The van der Waals surface area contributed by atoms with E-state index >= 15 is 0 Å². The largest absolute Gasteiger partial charge is 0.493 e. The van der Waals surface area contributed by atoms with E-state index < -0.39 is 17.8 Å². The zero-order valence-corrected chi connectivity index (χ0v) is 28.6. The fraction of sp³-hybridized carbons (Fsp3) is 0.447. The molecular formula is C38H48N2O7. The van der Waals surface area contributed by atoms with Crippen molar-refractivity contribution in [1.29, 1.82) is 0 Å². The van der Waals surface area contributed by atoms with Gasteiger partial charge in [0.2, 0.25) is 0 Å². The van der Waals surface area contributed by atoms with Gasteiger partial charge in [-0.05, 0) is 82.3 Å². The molecule has 4 rings (SSSR count). The van der Waals surface area contributed by atoms with Gasteiger partial charge < -0.3 is 24.3 Å². The molecule has 1 atom stereocenters. The second-order valence-electron chi connectivity index (χ2n) is 14.0. The molecule has 9 nitrogen and oxygen atoms in total. The number of benzene rings is 3. The highest BCUT2D eigenvalue weighted by Gasteiger charge is 2.30. The van der Waals surface area contributed by atoms with Crippen molar-refractivity contribution in [2.45, 2.75) is 72.8 Å². The fourth-order valence-electron chi connectivity index (χ4n) is 5.18. The smallest absolute Gasteiger partial charge is 0.410 e. The van der Waals surface area contributed by atoms with E-state index in [1.54, 1.807) is 53.4 Å². The minimum atomic E-state index is -1.09. The molecule has 0 radical (unpaired) electrons. The maximum atomic E-state index is 14.1. The van der Waals surface area contributed by atoms with Gasteiger partial charge in [0.05, 0.1) is 19.8 Å². The first-order valence-corrected chi connectivity index (χ1v) is 16.3. The standard InChI is InChI=1S/C38H48N2O7/c1-25(2)23-45-32-14-10-28(11-15-32)34(36(42)43)22-40(47-33-16-12-31(13-17-33)38(5,6)7)35(41)29-9-8-27-18-19-39(21-30(27)20-29)37(44)46-24-26(3)4/h8-17,20,25-26,34H,18-19,21-24H2,1-7H3,(H,42,43). The molecule has 0 fully saturated rings. The van der Waals surface area contributed by atoms with E-state index in [0.717, 1.165) is 21.8 Å². The number of aliphatic carboxylic acids is 1. The zero-order valence-electron chi connectivity index (χ0n) is 28.6. The number of carboxylic acids is 1. The van der Waals surface area contributed by atoms with Gasteiger partial charge in [0.15, 0.2) is 5.75 Å². The molecule has 0 spiro atoms. The summed E-state index contributed by atoms with van der Waals surface area (Å²) >= 11 is 0. The van der Waals surface area contributed by atoms with Gasteiger partial charge in [-0.2, -0.15) is 5.06 Å². The Hall–Kier alpha value is -4.53. The zero-order chi connectivity index (χ0) is 34.3. The average molecular weight is 645 g/mol. The van der Waals surface area contributed by atoms with Gasteiger partial charge in [0.1, 0.15) is 11.7 Å². The molecule has 2 amide bonds. The number of rotatable bonds is 12. The summed E-state index contributed by atoms with van der Waals surface area (Å²) < 4.78 is 11.2. The molecule has 1 aliphatic heterocycles. The van der Waals surface area contributed by atoms with Crippen LogP contribution in [0.5, 0.6) is 11.5 Å². The molecule has 9 heteroatoms. The first kappa shape index (κ1) is 35.3. The van der Waals surface area contributed by atoms with Crippen molar-refractivity contribution in [3.8, 4) is 11.5 Å². The summed E-state index contributed by atoms with van der Waals surface area (Å²) in [7, 11) is 0. The summed E-state index contributed by atoms with van der Waals surface area (Å²) in [5.41, 5.74) is 3.74. The number of ether oxygens (including phenoxy) is 2. The highest BCUT2D eigenvalue weighted by molar-refractivity contribution is 5.94. The third kappa shape index (κ3) is 9.73. The predicted octanol–water partition coefficient (Wildman–Crippen LogP) is 7.47. The van der Waals surface area contributed by atoms with Crippen molar-refractivity contribution in [3.63, 3.8) is 0 Å². The highest BCUT2D eigenvalue weighted by atomic mass is 16.7. The molecule has 0 bridgehead atoms. The number of hydroxylamine groups is 2. The van der Waals surface area contributed by atoms with Crippen LogP contribution in [0.1, 0.15) is 87.0 Å². The Morgan fingerprint density at radius 1 is 0.851 bits per heavy atom. The number of amides is 2. The number of carbonyl (C=O) groups excluding carboxylic acids is 2. The van der Waals surface area contributed by atoms with E-state index in [9.17, 15) is 19.5 Å². The monoisotopic (exact) mass is 644 g/mol. The normalized spacial score (nSPS) is 13.6. The molecule has 1 unspecified atom stereocenters. The molecule has 0 aliphatic carbocycles. The lowest BCUT2D eigenvalue weighted by atomic mass is 9.87. The van der Waals surface area contributed by atoms with Gasteiger partial charge in [-0.15, -0.1) is 0 Å². The van der Waals surface area contributed by atoms with E-state index in [0.29, 0.717) is 61.3 Å². The third-order valence-corrected chi connectivity index (χ3v) is 7.94. The first-order valence-electron chi connectivity index (χ1n) is 16.3. The summed E-state index contributed by atoms with van der Waals surface area (Å²) in [4.78, 5) is 47.2. The van der Waals surface area contributed by atoms with E-state index in [-0.39, 0.29) is 24.0 Å². The molecular weight excluding hydrogens is 596 g/mol. The van der Waals surface area contributed by atoms with Crippen LogP contribution in [0.3, 0.4) is 0 Å². The van der Waals surface area contributed by atoms with Crippen molar-refractivity contribution in [2.75, 3.05) is 26.3 Å². The average Bonchev–Trinajstić information content (AvgIpc) is 3.03. The Balaban J connectivity index is 1.61. The predicted molar refractivity (Wildman–Crippen MR) is 181 cm³/mol. The Morgan fingerprint density at radius 3 is 2.09 bits per heavy atom. The molecule has 47 heavy (non-hydrogen) atoms. The van der Waals surface area contributed by atoms with Crippen LogP contribution in [0.15, 0.2) is 66.7 Å². The molecule has 0 aromatic heterocycles. The minimum absolute atomic E-state index is 0.0777. The number of carbonyl (C=O) groups is 3. The Labute approximate surface area is 278 Å². The van der Waals surface area contributed by atoms with Gasteiger partial charge in [0.25, 0.3) is 5.91 Å². The third-order valence-electron chi connectivity index (χ3n) is 7.94. The maximum absolute atomic E-state index is 14.1. The van der Waals surface area contributed by atoms with E-state index in [1.165, 1.54) is 0 Å². The molecule has 3 aromatic carbocycles. The van der Waals surface area contributed by atoms with E-state index in [1.807, 2.05) is 32.0 Å². The molecule has 252 valence electrons. The SMILES string of the molecule is CC(C)COC(=O)N1CCc2ccc(C(=O)N(CC(C(=O)O)c3ccc(OCC(C)C)cc3)Oc3ccc(C(C)(C)C)cc3)cc2C1. The number of hydrogen-bond acceptors (Lipinski definition) is 6. The number of fused-ring (bicyclic) bond motifs is 1. The lowest BCUT2D eigenvalue weighted by molar-refractivity contribution is -0.141. The van der Waals surface area contributed by atoms with Gasteiger partial charge in [0, 0.05) is 18.7 Å². The Morgan fingerprint density at radius 2 is 1.49 bits per heavy atom. The summed E-state index contributed by atoms with van der Waals surface area (Å²) in [6, 6.07) is 19.7. The molecule has 1 N–H and O–H groups in total. The van der Waals surface area contributed by atoms with E-state index in [2.05, 4.69) is 34.6 Å². The topological polar surface area (TPSA) is 106 Å². The molecule has 1 aliphatic rings. The van der Waals surface area contributed by atoms with Crippen LogP contribution in [-0.4, -0.2) is 59.3 Å². The fourth-order valence-corrected chi connectivity index (χ4v) is 5.18. The van der Waals surface area contributed by atoms with Crippen LogP contribution in [0.2, 0.25) is 0 Å². The quantitative estimate of drug-likeness (QED) is 0.204. The molecule has 1 heterocycles. The van der Waals surface area contributed by atoms with E-state index in [4.69, 9.17) is 14.3 Å². The van der Waals surface area contributed by atoms with Crippen molar-refractivity contribution in [3.05, 3.63) is 94.5 Å². The van der Waals surface area contributed by atoms with Crippen molar-refractivity contribution in [2.24, 2.45) is 11.8 Å². The second kappa shape index (κ2) is 15.4.